The minimum Gasteiger partial charge on any atom is -0.462 e. The summed E-state index contributed by atoms with van der Waals surface area (Å²) in [5.41, 5.74) is 13.1. The van der Waals surface area contributed by atoms with Crippen LogP contribution < -0.4 is 9.80 Å². The maximum Gasteiger partial charge on any atom is 0.330 e. The molecule has 0 saturated heterocycles. The molecule has 0 unspecified atom stereocenters. The summed E-state index contributed by atoms with van der Waals surface area (Å²) >= 11 is 0. The SMILES string of the molecule is C=CC(=O)OCCc1cccc(N(c2ccccc2)c2ccc3c(c2)C(C)(C)c2cc(N(c4ccccc4)c4cccc(CCOC(=O)C=C)c4)ccc2-3)c1. The molecule has 1 aliphatic rings. The van der Waals surface area contributed by atoms with Gasteiger partial charge in [0.2, 0.25) is 0 Å². The lowest BCUT2D eigenvalue weighted by Crippen LogP contribution is -2.18. The van der Waals surface area contributed by atoms with Crippen LogP contribution >= 0.6 is 0 Å². The first-order valence-corrected chi connectivity index (χ1v) is 18.5. The highest BCUT2D eigenvalue weighted by atomic mass is 16.5. The molecule has 0 amide bonds. The van der Waals surface area contributed by atoms with Crippen molar-refractivity contribution in [2.45, 2.75) is 32.1 Å². The summed E-state index contributed by atoms with van der Waals surface area (Å²) in [5, 5.41) is 0. The Labute approximate surface area is 323 Å². The summed E-state index contributed by atoms with van der Waals surface area (Å²) in [6.07, 6.45) is 3.58. The number of rotatable bonds is 14. The number of ether oxygens (including phenoxy) is 2. The standard InChI is InChI=1S/C49H44N2O4/c1-5-47(52)54-29-27-35-15-13-21-39(31-35)50(37-17-9-7-10-18-37)41-23-25-43-44-26-24-42(34-46(44)49(3,4)45(43)33-41)51(38-19-11-8-12-20-38)40-22-14-16-36(32-40)28-30-55-48(53)6-2/h5-26,31-34H,1-2,27-30H2,3-4H3. The summed E-state index contributed by atoms with van der Waals surface area (Å²) in [4.78, 5) is 27.9. The van der Waals surface area contributed by atoms with Crippen molar-refractivity contribution in [2.24, 2.45) is 0 Å². The van der Waals surface area contributed by atoms with Crippen LogP contribution in [-0.2, 0) is 37.3 Å². The van der Waals surface area contributed by atoms with E-state index in [0.717, 1.165) is 45.3 Å². The van der Waals surface area contributed by atoms with Gasteiger partial charge in [0, 0.05) is 64.5 Å². The van der Waals surface area contributed by atoms with Gasteiger partial charge in [-0.05, 0) is 106 Å². The van der Waals surface area contributed by atoms with Gasteiger partial charge in [0.25, 0.3) is 0 Å². The van der Waals surface area contributed by atoms with Gasteiger partial charge < -0.3 is 19.3 Å². The molecule has 0 radical (unpaired) electrons. The van der Waals surface area contributed by atoms with Crippen LogP contribution in [0.5, 0.6) is 0 Å². The minimum atomic E-state index is -0.418. The number of hydrogen-bond acceptors (Lipinski definition) is 6. The van der Waals surface area contributed by atoms with E-state index in [4.69, 9.17) is 9.47 Å². The van der Waals surface area contributed by atoms with Crippen molar-refractivity contribution in [3.05, 3.63) is 193 Å². The zero-order valence-electron chi connectivity index (χ0n) is 31.3. The van der Waals surface area contributed by atoms with Crippen LogP contribution in [0.25, 0.3) is 11.1 Å². The van der Waals surface area contributed by atoms with E-state index in [1.807, 2.05) is 12.1 Å². The Morgan fingerprint density at radius 2 is 0.891 bits per heavy atom. The maximum absolute atomic E-state index is 11.7. The molecule has 6 aromatic rings. The van der Waals surface area contributed by atoms with Gasteiger partial charge in [0.1, 0.15) is 0 Å². The van der Waals surface area contributed by atoms with E-state index in [2.05, 4.69) is 170 Å². The number of anilines is 6. The molecular weight excluding hydrogens is 681 g/mol. The summed E-state index contributed by atoms with van der Waals surface area (Å²) in [6, 6.07) is 51.1. The fraction of sp³-hybridized carbons (Fsp3) is 0.143. The van der Waals surface area contributed by atoms with Crippen LogP contribution in [0.2, 0.25) is 0 Å². The van der Waals surface area contributed by atoms with Gasteiger partial charge in [-0.15, -0.1) is 0 Å². The van der Waals surface area contributed by atoms with Crippen molar-refractivity contribution in [1.29, 1.82) is 0 Å². The smallest absolute Gasteiger partial charge is 0.330 e. The first-order chi connectivity index (χ1) is 26.8. The highest BCUT2D eigenvalue weighted by molar-refractivity contribution is 5.88. The summed E-state index contributed by atoms with van der Waals surface area (Å²) in [7, 11) is 0. The molecule has 0 bridgehead atoms. The second-order valence-corrected chi connectivity index (χ2v) is 14.0. The van der Waals surface area contributed by atoms with Crippen LogP contribution in [0, 0.1) is 0 Å². The fourth-order valence-corrected chi connectivity index (χ4v) is 7.40. The lowest BCUT2D eigenvalue weighted by Gasteiger charge is -2.29. The third kappa shape index (κ3) is 7.85. The number of nitrogens with zero attached hydrogens (tertiary/aromatic N) is 2. The minimum absolute atomic E-state index is 0.285. The molecule has 0 aliphatic heterocycles. The number of hydrogen-bond donors (Lipinski definition) is 0. The fourth-order valence-electron chi connectivity index (χ4n) is 7.40. The maximum atomic E-state index is 11.7. The molecule has 0 atom stereocenters. The van der Waals surface area contributed by atoms with Gasteiger partial charge in [-0.1, -0.05) is 99.8 Å². The van der Waals surface area contributed by atoms with Crippen LogP contribution in [-0.4, -0.2) is 25.2 Å². The lowest BCUT2D eigenvalue weighted by molar-refractivity contribution is -0.138. The molecule has 274 valence electrons. The van der Waals surface area contributed by atoms with Gasteiger partial charge in [-0.2, -0.15) is 0 Å². The monoisotopic (exact) mass is 724 g/mol. The van der Waals surface area contributed by atoms with Crippen molar-refractivity contribution in [1.82, 2.24) is 0 Å². The largest absolute Gasteiger partial charge is 0.462 e. The van der Waals surface area contributed by atoms with E-state index in [1.165, 1.54) is 34.4 Å². The molecule has 0 aromatic heterocycles. The third-order valence-corrected chi connectivity index (χ3v) is 10.1. The molecule has 0 spiro atoms. The van der Waals surface area contributed by atoms with E-state index in [9.17, 15) is 9.59 Å². The number of benzene rings is 6. The third-order valence-electron chi connectivity index (χ3n) is 10.1. The van der Waals surface area contributed by atoms with Gasteiger partial charge in [0.05, 0.1) is 13.2 Å². The normalized spacial score (nSPS) is 12.2. The zero-order valence-corrected chi connectivity index (χ0v) is 31.3. The molecule has 55 heavy (non-hydrogen) atoms. The average Bonchev–Trinajstić information content (AvgIpc) is 3.44. The number of para-hydroxylation sites is 2. The quantitative estimate of drug-likeness (QED) is 0.0823. The molecule has 6 heteroatoms. The van der Waals surface area contributed by atoms with Gasteiger partial charge in [-0.25, -0.2) is 9.59 Å². The first-order valence-electron chi connectivity index (χ1n) is 18.5. The van der Waals surface area contributed by atoms with E-state index in [1.54, 1.807) is 0 Å². The molecule has 0 fully saturated rings. The van der Waals surface area contributed by atoms with Crippen molar-refractivity contribution in [3.63, 3.8) is 0 Å². The van der Waals surface area contributed by atoms with Crippen molar-refractivity contribution < 1.29 is 19.1 Å². The Morgan fingerprint density at radius 1 is 0.509 bits per heavy atom. The van der Waals surface area contributed by atoms with Crippen LogP contribution in [0.15, 0.2) is 171 Å². The zero-order chi connectivity index (χ0) is 38.4. The van der Waals surface area contributed by atoms with Crippen LogP contribution in [0.4, 0.5) is 34.1 Å². The van der Waals surface area contributed by atoms with Gasteiger partial charge in [-0.3, -0.25) is 0 Å². The average molecular weight is 725 g/mol. The predicted molar refractivity (Wildman–Crippen MR) is 223 cm³/mol. The van der Waals surface area contributed by atoms with Gasteiger partial charge >= 0.3 is 11.9 Å². The van der Waals surface area contributed by atoms with E-state index < -0.39 is 11.9 Å². The molecule has 6 nitrogen and oxygen atoms in total. The molecular formula is C49H44N2O4. The van der Waals surface area contributed by atoms with Crippen molar-refractivity contribution in [2.75, 3.05) is 23.0 Å². The van der Waals surface area contributed by atoms with Crippen molar-refractivity contribution in [3.8, 4) is 11.1 Å². The summed E-state index contributed by atoms with van der Waals surface area (Å²) < 4.78 is 10.6. The second kappa shape index (κ2) is 16.1. The van der Waals surface area contributed by atoms with E-state index >= 15 is 0 Å². The molecule has 0 N–H and O–H groups in total. The Balaban J connectivity index is 1.24. The number of esters is 2. The highest BCUT2D eigenvalue weighted by Gasteiger charge is 2.37. The number of carbonyl (C=O) groups is 2. The summed E-state index contributed by atoms with van der Waals surface area (Å²) in [5.74, 6) is -0.836. The Hall–Kier alpha value is -6.66. The van der Waals surface area contributed by atoms with Crippen LogP contribution in [0.1, 0.15) is 36.1 Å². The van der Waals surface area contributed by atoms with Crippen LogP contribution in [0.3, 0.4) is 0 Å². The van der Waals surface area contributed by atoms with E-state index in [-0.39, 0.29) is 18.6 Å². The summed E-state index contributed by atoms with van der Waals surface area (Å²) in [6.45, 7) is 12.2. The molecule has 0 saturated carbocycles. The van der Waals surface area contributed by atoms with Gasteiger partial charge in [0.15, 0.2) is 0 Å². The highest BCUT2D eigenvalue weighted by Crippen LogP contribution is 2.52. The molecule has 6 aromatic carbocycles. The van der Waals surface area contributed by atoms with E-state index in [0.29, 0.717) is 12.8 Å². The molecule has 7 rings (SSSR count). The molecule has 0 heterocycles. The first kappa shape index (κ1) is 36.7. The second-order valence-electron chi connectivity index (χ2n) is 14.0. The molecule has 1 aliphatic carbocycles. The lowest BCUT2D eigenvalue weighted by atomic mass is 9.82. The Kier molecular flexibility index (Phi) is 10.8. The Morgan fingerprint density at radius 3 is 1.29 bits per heavy atom. The number of carbonyl (C=O) groups excluding carboxylic acids is 2. The topological polar surface area (TPSA) is 59.1 Å². The predicted octanol–water partition coefficient (Wildman–Crippen LogP) is 11.5. The Bertz CT molecular complexity index is 2180. The van der Waals surface area contributed by atoms with Crippen molar-refractivity contribution >= 4 is 46.1 Å². The number of fused-ring (bicyclic) bond motifs is 3.